The quantitative estimate of drug-likeness (QED) is 0.833. The Bertz CT molecular complexity index is 635. The smallest absolute Gasteiger partial charge is 0.320 e. The van der Waals surface area contributed by atoms with Crippen molar-refractivity contribution >= 4 is 11.9 Å². The number of hydrogen-bond donors (Lipinski definition) is 2. The molecule has 1 aliphatic carbocycles. The molecule has 1 aromatic rings. The second kappa shape index (κ2) is 8.74. The number of nitrogens with one attached hydrogen (secondary N) is 1. The van der Waals surface area contributed by atoms with Crippen molar-refractivity contribution in [3.63, 3.8) is 0 Å². The highest BCUT2D eigenvalue weighted by atomic mass is 16.2. The van der Waals surface area contributed by atoms with E-state index in [1.54, 1.807) is 4.90 Å². The van der Waals surface area contributed by atoms with Crippen LogP contribution >= 0.6 is 0 Å². The molecule has 148 valence electrons. The van der Waals surface area contributed by atoms with Crippen molar-refractivity contribution in [3.05, 3.63) is 35.9 Å². The van der Waals surface area contributed by atoms with E-state index in [4.69, 9.17) is 5.73 Å². The average Bonchev–Trinajstić information content (AvgIpc) is 3.17. The number of benzene rings is 1. The first-order valence-electron chi connectivity index (χ1n) is 10.1. The molecule has 1 aromatic carbocycles. The Morgan fingerprint density at radius 3 is 2.41 bits per heavy atom. The number of carbonyl (C=O) groups is 2. The standard InChI is InChI=1S/C21H32N4O2/c1-24(15-17-7-3-2-4-8-17)20(27)25-13-9-18(10-14-25)19(26)23-21(16-22)11-5-6-12-21/h2-4,7-8,18H,5-6,9-16,22H2,1H3,(H,23,26). The molecule has 3 amide bonds. The van der Waals surface area contributed by atoms with Gasteiger partial charge in [-0.3, -0.25) is 4.79 Å². The first-order valence-corrected chi connectivity index (χ1v) is 10.1. The van der Waals surface area contributed by atoms with Crippen LogP contribution in [0.5, 0.6) is 0 Å². The van der Waals surface area contributed by atoms with Crippen LogP contribution in [0, 0.1) is 5.92 Å². The first-order chi connectivity index (χ1) is 13.0. The van der Waals surface area contributed by atoms with E-state index in [1.807, 2.05) is 42.3 Å². The summed E-state index contributed by atoms with van der Waals surface area (Å²) in [5.74, 6) is 0.101. The summed E-state index contributed by atoms with van der Waals surface area (Å²) in [6, 6.07) is 10.0. The van der Waals surface area contributed by atoms with E-state index in [2.05, 4.69) is 5.32 Å². The molecular formula is C21H32N4O2. The summed E-state index contributed by atoms with van der Waals surface area (Å²) >= 11 is 0. The minimum atomic E-state index is -0.195. The number of carbonyl (C=O) groups excluding carboxylic acids is 2. The van der Waals surface area contributed by atoms with Gasteiger partial charge in [0.1, 0.15) is 0 Å². The van der Waals surface area contributed by atoms with Crippen LogP contribution < -0.4 is 11.1 Å². The number of amides is 3. The number of nitrogens with zero attached hydrogens (tertiary/aromatic N) is 2. The van der Waals surface area contributed by atoms with E-state index in [-0.39, 0.29) is 23.4 Å². The Hall–Kier alpha value is -2.08. The number of nitrogens with two attached hydrogens (primary N) is 1. The lowest BCUT2D eigenvalue weighted by atomic mass is 9.92. The van der Waals surface area contributed by atoms with Crippen LogP contribution in [0.2, 0.25) is 0 Å². The van der Waals surface area contributed by atoms with Gasteiger partial charge in [-0.2, -0.15) is 0 Å². The molecule has 1 heterocycles. The van der Waals surface area contributed by atoms with Gasteiger partial charge in [-0.05, 0) is 31.2 Å². The van der Waals surface area contributed by atoms with Crippen molar-refractivity contribution < 1.29 is 9.59 Å². The Morgan fingerprint density at radius 1 is 1.19 bits per heavy atom. The maximum atomic E-state index is 12.7. The van der Waals surface area contributed by atoms with Crippen LogP contribution in [0.3, 0.4) is 0 Å². The topological polar surface area (TPSA) is 78.7 Å². The summed E-state index contributed by atoms with van der Waals surface area (Å²) in [6.45, 7) is 2.37. The Balaban J connectivity index is 1.48. The lowest BCUT2D eigenvalue weighted by Crippen LogP contribution is -2.55. The van der Waals surface area contributed by atoms with Crippen LogP contribution in [0.15, 0.2) is 30.3 Å². The molecule has 1 saturated carbocycles. The molecule has 0 aromatic heterocycles. The van der Waals surface area contributed by atoms with Crippen LogP contribution in [0.4, 0.5) is 4.79 Å². The van der Waals surface area contributed by atoms with Gasteiger partial charge in [0, 0.05) is 39.1 Å². The summed E-state index contributed by atoms with van der Waals surface area (Å²) in [7, 11) is 1.83. The van der Waals surface area contributed by atoms with Crippen LogP contribution in [0.25, 0.3) is 0 Å². The second-order valence-electron chi connectivity index (χ2n) is 8.07. The molecule has 6 nitrogen and oxygen atoms in total. The predicted molar refractivity (Wildman–Crippen MR) is 106 cm³/mol. The zero-order valence-electron chi connectivity index (χ0n) is 16.3. The molecule has 27 heavy (non-hydrogen) atoms. The monoisotopic (exact) mass is 372 g/mol. The summed E-state index contributed by atoms with van der Waals surface area (Å²) in [5, 5.41) is 3.23. The number of likely N-dealkylation sites (tertiary alicyclic amines) is 1. The van der Waals surface area contributed by atoms with Gasteiger partial charge < -0.3 is 20.9 Å². The van der Waals surface area contributed by atoms with Gasteiger partial charge in [-0.1, -0.05) is 43.2 Å². The van der Waals surface area contributed by atoms with E-state index < -0.39 is 0 Å². The number of piperidine rings is 1. The van der Waals surface area contributed by atoms with E-state index in [9.17, 15) is 9.59 Å². The van der Waals surface area contributed by atoms with E-state index in [0.29, 0.717) is 26.2 Å². The molecule has 2 aliphatic rings. The molecule has 1 aliphatic heterocycles. The number of hydrogen-bond acceptors (Lipinski definition) is 3. The molecule has 2 fully saturated rings. The zero-order valence-corrected chi connectivity index (χ0v) is 16.3. The number of urea groups is 1. The molecule has 3 N–H and O–H groups in total. The first kappa shape index (κ1) is 19.7. The van der Waals surface area contributed by atoms with Crippen LogP contribution in [0.1, 0.15) is 44.1 Å². The second-order valence-corrected chi connectivity index (χ2v) is 8.07. The zero-order chi connectivity index (χ0) is 19.3. The third-order valence-corrected chi connectivity index (χ3v) is 6.07. The predicted octanol–water partition coefficient (Wildman–Crippen LogP) is 2.34. The van der Waals surface area contributed by atoms with Crippen molar-refractivity contribution in [2.75, 3.05) is 26.7 Å². The molecule has 0 atom stereocenters. The third-order valence-electron chi connectivity index (χ3n) is 6.07. The average molecular weight is 373 g/mol. The molecule has 0 bridgehead atoms. The lowest BCUT2D eigenvalue weighted by Gasteiger charge is -2.36. The Kier molecular flexibility index (Phi) is 6.37. The molecule has 0 unspecified atom stereocenters. The van der Waals surface area contributed by atoms with Crippen LogP contribution in [-0.2, 0) is 11.3 Å². The Morgan fingerprint density at radius 2 is 1.81 bits per heavy atom. The van der Waals surface area contributed by atoms with Crippen molar-refractivity contribution in [1.82, 2.24) is 15.1 Å². The normalized spacial score (nSPS) is 19.7. The molecule has 0 spiro atoms. The fourth-order valence-electron chi connectivity index (χ4n) is 4.29. The summed E-state index contributed by atoms with van der Waals surface area (Å²) in [5.41, 5.74) is 6.85. The van der Waals surface area contributed by atoms with Crippen molar-refractivity contribution in [1.29, 1.82) is 0 Å². The largest absolute Gasteiger partial charge is 0.349 e. The highest BCUT2D eigenvalue weighted by Crippen LogP contribution is 2.30. The third kappa shape index (κ3) is 4.80. The summed E-state index contributed by atoms with van der Waals surface area (Å²) in [6.07, 6.45) is 5.68. The Labute approximate surface area is 162 Å². The minimum Gasteiger partial charge on any atom is -0.349 e. The van der Waals surface area contributed by atoms with Gasteiger partial charge in [0.2, 0.25) is 5.91 Å². The van der Waals surface area contributed by atoms with Gasteiger partial charge >= 0.3 is 6.03 Å². The highest BCUT2D eigenvalue weighted by molar-refractivity contribution is 5.80. The van der Waals surface area contributed by atoms with E-state index >= 15 is 0 Å². The SMILES string of the molecule is CN(Cc1ccccc1)C(=O)N1CCC(C(=O)NC2(CN)CCCC2)CC1. The maximum absolute atomic E-state index is 12.7. The fraction of sp³-hybridized carbons (Fsp3) is 0.619. The summed E-state index contributed by atoms with van der Waals surface area (Å²) < 4.78 is 0. The van der Waals surface area contributed by atoms with Crippen LogP contribution in [-0.4, -0.2) is 54.0 Å². The fourth-order valence-corrected chi connectivity index (χ4v) is 4.29. The van der Waals surface area contributed by atoms with Gasteiger partial charge in [-0.25, -0.2) is 4.79 Å². The molecule has 0 radical (unpaired) electrons. The van der Waals surface area contributed by atoms with Gasteiger partial charge in [0.05, 0.1) is 5.54 Å². The summed E-state index contributed by atoms with van der Waals surface area (Å²) in [4.78, 5) is 29.0. The maximum Gasteiger partial charge on any atom is 0.320 e. The molecule has 3 rings (SSSR count). The van der Waals surface area contributed by atoms with Crippen molar-refractivity contribution in [3.8, 4) is 0 Å². The minimum absolute atomic E-state index is 0.0162. The number of rotatable bonds is 5. The molecule has 6 heteroatoms. The van der Waals surface area contributed by atoms with Gasteiger partial charge in [0.15, 0.2) is 0 Å². The highest BCUT2D eigenvalue weighted by Gasteiger charge is 2.37. The van der Waals surface area contributed by atoms with Crippen molar-refractivity contribution in [2.45, 2.75) is 50.6 Å². The lowest BCUT2D eigenvalue weighted by molar-refractivity contribution is -0.128. The van der Waals surface area contributed by atoms with E-state index in [1.165, 1.54) is 0 Å². The molecule has 1 saturated heterocycles. The molecular weight excluding hydrogens is 340 g/mol. The van der Waals surface area contributed by atoms with Gasteiger partial charge in [0.25, 0.3) is 0 Å². The van der Waals surface area contributed by atoms with E-state index in [0.717, 1.165) is 44.1 Å². The van der Waals surface area contributed by atoms with Gasteiger partial charge in [-0.15, -0.1) is 0 Å². The van der Waals surface area contributed by atoms with Crippen molar-refractivity contribution in [2.24, 2.45) is 11.7 Å².